The molecule has 0 radical (unpaired) electrons. The summed E-state index contributed by atoms with van der Waals surface area (Å²) >= 11 is 4.81. The average molecular weight is 156 g/mol. The Kier molecular flexibility index (Phi) is 4.15. The first-order chi connectivity index (χ1) is 3.68. The number of rotatable bonds is 2. The minimum atomic E-state index is -0.279. The van der Waals surface area contributed by atoms with Crippen molar-refractivity contribution in [1.29, 1.82) is 0 Å². The third-order valence-electron chi connectivity index (χ3n) is 0.532. The van der Waals surface area contributed by atoms with E-state index in [4.69, 9.17) is 11.9 Å². The molecule has 0 aliphatic carbocycles. The predicted molar refractivity (Wildman–Crippen MR) is 34.3 cm³/mol. The fourth-order valence-electron chi connectivity index (χ4n) is 0.124. The van der Waals surface area contributed by atoms with Crippen molar-refractivity contribution in [1.82, 2.24) is 4.90 Å². The molecule has 0 saturated heterocycles. The molecule has 0 rings (SSSR count). The molecular formula is C3H7ClNO2P. The number of halogens is 1. The van der Waals surface area contributed by atoms with Gasteiger partial charge in [0, 0.05) is 14.1 Å². The predicted octanol–water partition coefficient (Wildman–Crippen LogP) is 1.43. The minimum Gasteiger partial charge on any atom is -0.343 e. The van der Waals surface area contributed by atoms with Crippen molar-refractivity contribution < 1.29 is 8.87 Å². The molecule has 1 unspecified atom stereocenters. The summed E-state index contributed by atoms with van der Waals surface area (Å²) in [7, 11) is 3.01. The van der Waals surface area contributed by atoms with Crippen LogP contribution >= 0.6 is 20.7 Å². The van der Waals surface area contributed by atoms with Crippen LogP contribution in [-0.4, -0.2) is 24.6 Å². The van der Waals surface area contributed by atoms with Gasteiger partial charge in [0.25, 0.3) is 5.65 Å². The van der Waals surface area contributed by atoms with Gasteiger partial charge in [0.2, 0.25) is 0 Å². The maximum atomic E-state index is 10.5. The van der Waals surface area contributed by atoms with Crippen LogP contribution in [0.2, 0.25) is 0 Å². The topological polar surface area (TPSA) is 29.5 Å². The van der Waals surface area contributed by atoms with Crippen molar-refractivity contribution in [3.8, 4) is 0 Å². The van der Waals surface area contributed by atoms with E-state index in [1.54, 1.807) is 14.1 Å². The van der Waals surface area contributed by atoms with Crippen LogP contribution in [-0.2, 0) is 4.08 Å². The Hall–Kier alpha value is 0.150. The van der Waals surface area contributed by atoms with Gasteiger partial charge >= 0.3 is 0 Å². The van der Waals surface area contributed by atoms with Gasteiger partial charge < -0.3 is 4.90 Å². The number of carbonyl (C=O) groups excluding carboxylic acids is 1. The zero-order valence-corrected chi connectivity index (χ0v) is 6.40. The number of nitrogens with zero attached hydrogens (tertiary/aromatic N) is 1. The fraction of sp³-hybridized carbons (Fsp3) is 0.667. The lowest BCUT2D eigenvalue weighted by Crippen LogP contribution is -2.14. The molecule has 0 aliphatic rings. The van der Waals surface area contributed by atoms with Crippen LogP contribution in [0.3, 0.4) is 0 Å². The van der Waals surface area contributed by atoms with Crippen molar-refractivity contribution in [2.45, 2.75) is 0 Å². The van der Waals surface area contributed by atoms with Crippen molar-refractivity contribution in [3.05, 3.63) is 0 Å². The SMILES string of the molecule is CN(C)C(=O)POCl. The average Bonchev–Trinajstić information content (AvgIpc) is 1.67. The zero-order valence-electron chi connectivity index (χ0n) is 4.64. The van der Waals surface area contributed by atoms with Crippen LogP contribution in [0.1, 0.15) is 0 Å². The first-order valence-electron chi connectivity index (χ1n) is 1.93. The highest BCUT2D eigenvalue weighted by Gasteiger charge is 2.01. The van der Waals surface area contributed by atoms with E-state index in [-0.39, 0.29) is 14.5 Å². The molecule has 0 saturated carbocycles. The van der Waals surface area contributed by atoms with E-state index in [0.29, 0.717) is 0 Å². The summed E-state index contributed by atoms with van der Waals surface area (Å²) < 4.78 is 4.07. The lowest BCUT2D eigenvalue weighted by atomic mass is 11.0. The van der Waals surface area contributed by atoms with Crippen molar-refractivity contribution in [2.75, 3.05) is 14.1 Å². The van der Waals surface area contributed by atoms with E-state index in [2.05, 4.69) is 4.08 Å². The first-order valence-corrected chi connectivity index (χ1v) is 3.15. The lowest BCUT2D eigenvalue weighted by molar-refractivity contribution is 0.239. The Labute approximate surface area is 55.0 Å². The van der Waals surface area contributed by atoms with Crippen LogP contribution in [0.4, 0.5) is 4.79 Å². The summed E-state index contributed by atoms with van der Waals surface area (Å²) in [5.74, 6) is 0. The van der Waals surface area contributed by atoms with Crippen LogP contribution < -0.4 is 0 Å². The summed E-state index contributed by atoms with van der Waals surface area (Å²) in [6.07, 6.45) is 0. The van der Waals surface area contributed by atoms with Crippen molar-refractivity contribution in [2.24, 2.45) is 0 Å². The molecule has 0 fully saturated rings. The van der Waals surface area contributed by atoms with E-state index in [9.17, 15) is 4.79 Å². The molecule has 3 nitrogen and oxygen atoms in total. The second-order valence-corrected chi connectivity index (χ2v) is 2.63. The molecule has 0 heterocycles. The Bertz CT molecular complexity index is 87.4. The Balaban J connectivity index is 3.33. The minimum absolute atomic E-state index is 0.111. The molecule has 0 spiro atoms. The molecule has 0 aromatic heterocycles. The number of carbonyl (C=O) groups is 1. The quantitative estimate of drug-likeness (QED) is 0.565. The molecule has 1 atom stereocenters. The van der Waals surface area contributed by atoms with Crippen LogP contribution in [0.25, 0.3) is 0 Å². The Morgan fingerprint density at radius 1 is 1.75 bits per heavy atom. The van der Waals surface area contributed by atoms with Gasteiger partial charge in [-0.05, 0) is 0 Å². The first kappa shape index (κ1) is 8.15. The van der Waals surface area contributed by atoms with E-state index in [1.165, 1.54) is 4.90 Å². The van der Waals surface area contributed by atoms with E-state index < -0.39 is 0 Å². The van der Waals surface area contributed by atoms with Gasteiger partial charge in [0.05, 0.1) is 11.9 Å². The van der Waals surface area contributed by atoms with E-state index in [1.807, 2.05) is 0 Å². The van der Waals surface area contributed by atoms with Gasteiger partial charge in [-0.2, -0.15) is 0 Å². The largest absolute Gasteiger partial charge is 0.343 e. The molecule has 8 heavy (non-hydrogen) atoms. The molecule has 48 valence electrons. The van der Waals surface area contributed by atoms with Gasteiger partial charge in [-0.1, -0.05) is 0 Å². The molecule has 0 aliphatic heterocycles. The smallest absolute Gasteiger partial charge is 0.269 e. The number of hydrogen-bond acceptors (Lipinski definition) is 2. The van der Waals surface area contributed by atoms with Gasteiger partial charge in [0.15, 0.2) is 0 Å². The van der Waals surface area contributed by atoms with Crippen LogP contribution in [0.5, 0.6) is 0 Å². The standard InChI is InChI=1S/C3H7ClNO2P/c1-5(2)3(6)8-7-4/h8H,1-2H3. The molecular weight excluding hydrogens is 148 g/mol. The number of hydrogen-bond donors (Lipinski definition) is 0. The van der Waals surface area contributed by atoms with E-state index >= 15 is 0 Å². The molecule has 5 heteroatoms. The highest BCUT2D eigenvalue weighted by Crippen LogP contribution is 2.16. The van der Waals surface area contributed by atoms with Crippen LogP contribution in [0.15, 0.2) is 0 Å². The second kappa shape index (κ2) is 4.07. The normalized spacial score (nSPS) is 10.4. The van der Waals surface area contributed by atoms with Gasteiger partial charge in [-0.3, -0.25) is 8.87 Å². The molecule has 0 bridgehead atoms. The Morgan fingerprint density at radius 2 is 2.25 bits per heavy atom. The third-order valence-corrected chi connectivity index (χ3v) is 1.46. The summed E-state index contributed by atoms with van der Waals surface area (Å²) in [6, 6.07) is 0. The zero-order chi connectivity index (χ0) is 6.57. The fourth-order valence-corrected chi connectivity index (χ4v) is 0.571. The highest BCUT2D eigenvalue weighted by atomic mass is 35.5. The Morgan fingerprint density at radius 3 is 2.38 bits per heavy atom. The summed E-state index contributed by atoms with van der Waals surface area (Å²) in [5, 5.41) is 0. The highest BCUT2D eigenvalue weighted by molar-refractivity contribution is 7.53. The van der Waals surface area contributed by atoms with Gasteiger partial charge in [0.1, 0.15) is 8.81 Å². The lowest BCUT2D eigenvalue weighted by Gasteiger charge is -2.05. The number of amides is 1. The summed E-state index contributed by atoms with van der Waals surface area (Å²) in [4.78, 5) is 11.9. The monoisotopic (exact) mass is 155 g/mol. The molecule has 0 aromatic rings. The summed E-state index contributed by atoms with van der Waals surface area (Å²) in [6.45, 7) is 0. The van der Waals surface area contributed by atoms with Gasteiger partial charge in [-0.25, -0.2) is 0 Å². The third kappa shape index (κ3) is 3.19. The van der Waals surface area contributed by atoms with Crippen LogP contribution in [0, 0.1) is 0 Å². The van der Waals surface area contributed by atoms with E-state index in [0.717, 1.165) is 0 Å². The molecule has 1 amide bonds. The maximum Gasteiger partial charge on any atom is 0.269 e. The summed E-state index contributed by atoms with van der Waals surface area (Å²) in [5.41, 5.74) is -0.111. The molecule has 0 aromatic carbocycles. The molecule has 0 N–H and O–H groups in total. The van der Waals surface area contributed by atoms with Crippen molar-refractivity contribution in [3.63, 3.8) is 0 Å². The van der Waals surface area contributed by atoms with Gasteiger partial charge in [-0.15, -0.1) is 0 Å². The maximum absolute atomic E-state index is 10.5. The second-order valence-electron chi connectivity index (χ2n) is 1.38. The van der Waals surface area contributed by atoms with Crippen molar-refractivity contribution >= 4 is 26.3 Å².